The molecule has 0 aliphatic rings. The van der Waals surface area contributed by atoms with E-state index in [4.69, 9.17) is 31.9 Å². The highest BCUT2D eigenvalue weighted by Gasteiger charge is 2.14. The van der Waals surface area contributed by atoms with Gasteiger partial charge in [0.1, 0.15) is 0 Å². The van der Waals surface area contributed by atoms with Crippen LogP contribution in [0, 0.1) is 0 Å². The van der Waals surface area contributed by atoms with Crippen LogP contribution < -0.4 is 15.2 Å². The summed E-state index contributed by atoms with van der Waals surface area (Å²) in [5, 5.41) is 8.80. The van der Waals surface area contributed by atoms with E-state index < -0.39 is 5.97 Å². The van der Waals surface area contributed by atoms with Crippen LogP contribution in [0.15, 0.2) is 12.1 Å². The Morgan fingerprint density at radius 3 is 2.67 bits per heavy atom. The summed E-state index contributed by atoms with van der Waals surface area (Å²) < 4.78 is 9.95. The van der Waals surface area contributed by atoms with Crippen molar-refractivity contribution in [2.45, 2.75) is 0 Å². The molecule has 0 radical (unpaired) electrons. The first-order chi connectivity index (χ1) is 7.10. The van der Waals surface area contributed by atoms with Gasteiger partial charge in [-0.15, -0.1) is 0 Å². The summed E-state index contributed by atoms with van der Waals surface area (Å²) >= 11 is 5.38. The first-order valence-corrected chi connectivity index (χ1v) is 4.53. The first kappa shape index (κ1) is 11.5. The van der Waals surface area contributed by atoms with Crippen molar-refractivity contribution in [1.29, 1.82) is 0 Å². The van der Waals surface area contributed by atoms with Crippen molar-refractivity contribution in [3.63, 3.8) is 0 Å². The molecule has 0 fully saturated rings. The number of benzene rings is 1. The van der Waals surface area contributed by atoms with Crippen molar-refractivity contribution in [3.05, 3.63) is 17.7 Å². The molecule has 82 valence electrons. The lowest BCUT2D eigenvalue weighted by atomic mass is 10.1. The second kappa shape index (κ2) is 4.75. The second-order valence-corrected chi connectivity index (χ2v) is 2.87. The molecule has 15 heavy (non-hydrogen) atoms. The van der Waals surface area contributed by atoms with Gasteiger partial charge in [0.15, 0.2) is 17.6 Å². The molecule has 1 aromatic rings. The number of nitrogen functional groups attached to an aromatic ring is 1. The van der Waals surface area contributed by atoms with Gasteiger partial charge < -0.3 is 20.3 Å². The van der Waals surface area contributed by atoms with Crippen LogP contribution in [-0.4, -0.2) is 24.3 Å². The van der Waals surface area contributed by atoms with E-state index in [-0.39, 0.29) is 23.1 Å². The molecule has 0 unspecified atom stereocenters. The Kier molecular flexibility index (Phi) is 3.62. The topological polar surface area (TPSA) is 81.8 Å². The Hall–Kier alpha value is -1.62. The van der Waals surface area contributed by atoms with Gasteiger partial charge in [-0.05, 0) is 0 Å². The third-order valence-electron chi connectivity index (χ3n) is 1.78. The van der Waals surface area contributed by atoms with Crippen LogP contribution in [0.25, 0.3) is 0 Å². The minimum Gasteiger partial charge on any atom is -0.493 e. The van der Waals surface area contributed by atoms with Gasteiger partial charge in [-0.2, -0.15) is 0 Å². The zero-order chi connectivity index (χ0) is 11.4. The summed E-state index contributed by atoms with van der Waals surface area (Å²) in [6.45, 7) is 0. The number of halogens is 1. The number of hydrogen-bond acceptors (Lipinski definition) is 4. The van der Waals surface area contributed by atoms with Crippen molar-refractivity contribution in [1.82, 2.24) is 0 Å². The quantitative estimate of drug-likeness (QED) is 0.607. The summed E-state index contributed by atoms with van der Waals surface area (Å²) in [6.07, 6.45) is 0. The maximum Gasteiger partial charge on any atom is 0.337 e. The Bertz CT molecular complexity index is 381. The third kappa shape index (κ3) is 2.44. The molecular formula is C9H10ClNO4. The highest BCUT2D eigenvalue weighted by molar-refractivity contribution is 6.17. The lowest BCUT2D eigenvalue weighted by Gasteiger charge is -2.10. The van der Waals surface area contributed by atoms with Crippen molar-refractivity contribution in [3.8, 4) is 11.5 Å². The summed E-state index contributed by atoms with van der Waals surface area (Å²) in [6, 6.07) is 2.59. The fraction of sp³-hybridized carbons (Fsp3) is 0.222. The van der Waals surface area contributed by atoms with Gasteiger partial charge in [-0.25, -0.2) is 4.79 Å². The first-order valence-electron chi connectivity index (χ1n) is 3.99. The van der Waals surface area contributed by atoms with E-state index in [0.717, 1.165) is 0 Å². The monoisotopic (exact) mass is 231 g/mol. The summed E-state index contributed by atoms with van der Waals surface area (Å²) in [7, 11) is 1.40. The highest BCUT2D eigenvalue weighted by atomic mass is 35.5. The molecule has 0 heterocycles. The zero-order valence-electron chi connectivity index (χ0n) is 7.99. The molecule has 1 rings (SSSR count). The predicted molar refractivity (Wildman–Crippen MR) is 55.7 cm³/mol. The molecule has 1 aromatic carbocycles. The fourth-order valence-electron chi connectivity index (χ4n) is 1.09. The van der Waals surface area contributed by atoms with E-state index in [1.54, 1.807) is 0 Å². The molecule has 6 heteroatoms. The Balaban J connectivity index is 3.22. The number of hydrogen-bond donors (Lipinski definition) is 2. The smallest absolute Gasteiger partial charge is 0.337 e. The number of carboxylic acids is 1. The molecule has 0 aliphatic carbocycles. The maximum atomic E-state index is 10.8. The molecule has 0 bridgehead atoms. The van der Waals surface area contributed by atoms with E-state index in [2.05, 4.69) is 0 Å². The Morgan fingerprint density at radius 1 is 1.53 bits per heavy atom. The summed E-state index contributed by atoms with van der Waals surface area (Å²) in [5.41, 5.74) is 5.58. The molecule has 0 atom stereocenters. The van der Waals surface area contributed by atoms with Crippen LogP contribution in [0.1, 0.15) is 10.4 Å². The van der Waals surface area contributed by atoms with Crippen LogP contribution in [0.2, 0.25) is 0 Å². The minimum atomic E-state index is -1.12. The number of anilines is 1. The van der Waals surface area contributed by atoms with Gasteiger partial charge in [0.05, 0.1) is 18.4 Å². The van der Waals surface area contributed by atoms with E-state index in [0.29, 0.717) is 5.75 Å². The van der Waals surface area contributed by atoms with Crippen LogP contribution in [0.3, 0.4) is 0 Å². The van der Waals surface area contributed by atoms with Gasteiger partial charge in [0, 0.05) is 12.1 Å². The zero-order valence-corrected chi connectivity index (χ0v) is 8.75. The SMILES string of the molecule is COc1cc(C(=O)O)c(N)cc1OCCl. The average Bonchev–Trinajstić information content (AvgIpc) is 2.18. The molecule has 5 nitrogen and oxygen atoms in total. The standard InChI is InChI=1S/C9H10ClNO4/c1-14-7-2-5(9(12)13)6(11)3-8(7)15-4-10/h2-3H,4,11H2,1H3,(H,12,13). The summed E-state index contributed by atoms with van der Waals surface area (Å²) in [5.74, 6) is -0.527. The van der Waals surface area contributed by atoms with Gasteiger partial charge in [0.25, 0.3) is 0 Å². The van der Waals surface area contributed by atoms with Crippen LogP contribution >= 0.6 is 11.6 Å². The van der Waals surface area contributed by atoms with Crippen LogP contribution in [-0.2, 0) is 0 Å². The minimum absolute atomic E-state index is 0.0335. The Labute approximate surface area is 91.4 Å². The maximum absolute atomic E-state index is 10.8. The van der Waals surface area contributed by atoms with Gasteiger partial charge in [-0.3, -0.25) is 0 Å². The normalized spacial score (nSPS) is 9.73. The number of alkyl halides is 1. The van der Waals surface area contributed by atoms with Crippen LogP contribution in [0.5, 0.6) is 11.5 Å². The molecule has 0 saturated heterocycles. The van der Waals surface area contributed by atoms with E-state index in [1.807, 2.05) is 0 Å². The average molecular weight is 232 g/mol. The largest absolute Gasteiger partial charge is 0.493 e. The molecule has 0 aliphatic heterocycles. The lowest BCUT2D eigenvalue weighted by Crippen LogP contribution is -2.04. The van der Waals surface area contributed by atoms with Gasteiger partial charge >= 0.3 is 5.97 Å². The molecule has 3 N–H and O–H groups in total. The number of carbonyl (C=O) groups is 1. The van der Waals surface area contributed by atoms with E-state index >= 15 is 0 Å². The number of methoxy groups -OCH3 is 1. The van der Waals surface area contributed by atoms with Gasteiger partial charge in [-0.1, -0.05) is 11.6 Å². The number of carboxylic acid groups (broad SMARTS) is 1. The van der Waals surface area contributed by atoms with Gasteiger partial charge in [0.2, 0.25) is 0 Å². The molecular weight excluding hydrogens is 222 g/mol. The Morgan fingerprint density at radius 2 is 2.20 bits per heavy atom. The highest BCUT2D eigenvalue weighted by Crippen LogP contribution is 2.32. The molecule has 0 saturated carbocycles. The van der Waals surface area contributed by atoms with E-state index in [9.17, 15) is 4.79 Å². The third-order valence-corrected chi connectivity index (χ3v) is 1.89. The van der Waals surface area contributed by atoms with Crippen molar-refractivity contribution >= 4 is 23.3 Å². The predicted octanol–water partition coefficient (Wildman–Crippen LogP) is 1.55. The molecule has 0 aromatic heterocycles. The fourth-order valence-corrected chi connectivity index (χ4v) is 1.21. The van der Waals surface area contributed by atoms with Crippen molar-refractivity contribution in [2.24, 2.45) is 0 Å². The molecule has 0 amide bonds. The van der Waals surface area contributed by atoms with Crippen molar-refractivity contribution < 1.29 is 19.4 Å². The number of rotatable bonds is 4. The van der Waals surface area contributed by atoms with Crippen molar-refractivity contribution in [2.75, 3.05) is 18.9 Å². The van der Waals surface area contributed by atoms with Crippen LogP contribution in [0.4, 0.5) is 5.69 Å². The number of ether oxygens (including phenoxy) is 2. The lowest BCUT2D eigenvalue weighted by molar-refractivity contribution is 0.0697. The molecule has 0 spiro atoms. The second-order valence-electron chi connectivity index (χ2n) is 2.65. The van der Waals surface area contributed by atoms with E-state index in [1.165, 1.54) is 19.2 Å². The number of nitrogens with two attached hydrogens (primary N) is 1. The summed E-state index contributed by atoms with van der Waals surface area (Å²) in [4.78, 5) is 10.8. The number of aromatic carboxylic acids is 1.